The molecule has 0 aliphatic carbocycles. The summed E-state index contributed by atoms with van der Waals surface area (Å²) in [5.74, 6) is 1.86. The van der Waals surface area contributed by atoms with Crippen LogP contribution in [0, 0.1) is 12.0 Å². The molecule has 0 bridgehead atoms. The standard InChI is InChI=1S/C12H12O3/c1-12(2,14)8-9-15-11(13)10-6-4-3-5-7-10/h3-7,14H,1-2H3. The SMILES string of the molecule is CC(C)(O)C#COC(=O)c1ccccc1. The average Bonchev–Trinajstić information content (AvgIpc) is 2.17. The minimum Gasteiger partial charge on any atom is -0.378 e. The van der Waals surface area contributed by atoms with Gasteiger partial charge < -0.3 is 9.84 Å². The molecule has 0 saturated heterocycles. The van der Waals surface area contributed by atoms with Gasteiger partial charge in [-0.1, -0.05) is 18.2 Å². The summed E-state index contributed by atoms with van der Waals surface area (Å²) < 4.78 is 4.64. The number of carbonyl (C=O) groups is 1. The lowest BCUT2D eigenvalue weighted by Crippen LogP contribution is -2.15. The summed E-state index contributed by atoms with van der Waals surface area (Å²) in [6.45, 7) is 3.02. The second-order valence-electron chi connectivity index (χ2n) is 3.54. The number of ether oxygens (including phenoxy) is 1. The van der Waals surface area contributed by atoms with Crippen LogP contribution in [-0.2, 0) is 4.74 Å². The third-order valence-corrected chi connectivity index (χ3v) is 1.51. The van der Waals surface area contributed by atoms with Gasteiger partial charge in [-0.3, -0.25) is 0 Å². The zero-order valence-electron chi connectivity index (χ0n) is 8.65. The second-order valence-corrected chi connectivity index (χ2v) is 3.54. The van der Waals surface area contributed by atoms with Gasteiger partial charge in [0.25, 0.3) is 0 Å². The van der Waals surface area contributed by atoms with Gasteiger partial charge in [-0.2, -0.15) is 0 Å². The molecule has 0 aromatic heterocycles. The summed E-state index contributed by atoms with van der Waals surface area (Å²) in [7, 11) is 0. The van der Waals surface area contributed by atoms with Gasteiger partial charge >= 0.3 is 5.97 Å². The van der Waals surface area contributed by atoms with E-state index in [1.165, 1.54) is 13.8 Å². The van der Waals surface area contributed by atoms with Gasteiger partial charge in [-0.05, 0) is 31.9 Å². The van der Waals surface area contributed by atoms with E-state index >= 15 is 0 Å². The van der Waals surface area contributed by atoms with E-state index in [2.05, 4.69) is 16.8 Å². The van der Waals surface area contributed by atoms with E-state index in [1.807, 2.05) is 0 Å². The van der Waals surface area contributed by atoms with Crippen molar-refractivity contribution >= 4 is 5.97 Å². The van der Waals surface area contributed by atoms with Crippen LogP contribution in [0.25, 0.3) is 0 Å². The van der Waals surface area contributed by atoms with Crippen molar-refractivity contribution in [2.45, 2.75) is 19.4 Å². The third kappa shape index (κ3) is 4.30. The van der Waals surface area contributed by atoms with Crippen molar-refractivity contribution in [1.29, 1.82) is 0 Å². The molecule has 15 heavy (non-hydrogen) atoms. The summed E-state index contributed by atoms with van der Waals surface area (Å²) in [5.41, 5.74) is -0.723. The Labute approximate surface area is 88.7 Å². The maximum Gasteiger partial charge on any atom is 0.352 e. The van der Waals surface area contributed by atoms with Crippen molar-refractivity contribution in [2.24, 2.45) is 0 Å². The summed E-state index contributed by atoms with van der Waals surface area (Å²) in [6.07, 6.45) is 2.17. The molecule has 1 aromatic rings. The van der Waals surface area contributed by atoms with Crippen LogP contribution in [0.4, 0.5) is 0 Å². The molecule has 3 nitrogen and oxygen atoms in total. The first-order valence-corrected chi connectivity index (χ1v) is 4.50. The highest BCUT2D eigenvalue weighted by molar-refractivity contribution is 5.89. The molecule has 0 heterocycles. The molecule has 1 rings (SSSR count). The summed E-state index contributed by atoms with van der Waals surface area (Å²) >= 11 is 0. The van der Waals surface area contributed by atoms with Crippen LogP contribution in [-0.4, -0.2) is 16.7 Å². The molecule has 0 fully saturated rings. The minimum absolute atomic E-state index is 0.433. The number of rotatable bonds is 1. The number of carbonyl (C=O) groups excluding carboxylic acids is 1. The van der Waals surface area contributed by atoms with E-state index in [-0.39, 0.29) is 0 Å². The van der Waals surface area contributed by atoms with Crippen LogP contribution >= 0.6 is 0 Å². The normalized spacial score (nSPS) is 10.1. The minimum atomic E-state index is -1.16. The van der Waals surface area contributed by atoms with Crippen LogP contribution in [0.3, 0.4) is 0 Å². The smallest absolute Gasteiger partial charge is 0.352 e. The second kappa shape index (κ2) is 4.63. The maximum absolute atomic E-state index is 11.3. The molecular weight excluding hydrogens is 192 g/mol. The van der Waals surface area contributed by atoms with Gasteiger partial charge in [-0.25, -0.2) is 4.79 Å². The number of hydrogen-bond donors (Lipinski definition) is 1. The van der Waals surface area contributed by atoms with Gasteiger partial charge in [0.2, 0.25) is 0 Å². The van der Waals surface area contributed by atoms with Crippen LogP contribution in [0.2, 0.25) is 0 Å². The van der Waals surface area contributed by atoms with Gasteiger partial charge in [0.1, 0.15) is 11.7 Å². The van der Waals surface area contributed by atoms with E-state index < -0.39 is 11.6 Å². The fraction of sp³-hybridized carbons (Fsp3) is 0.250. The van der Waals surface area contributed by atoms with Gasteiger partial charge in [0, 0.05) is 0 Å². The lowest BCUT2D eigenvalue weighted by atomic mass is 10.2. The highest BCUT2D eigenvalue weighted by Gasteiger charge is 2.08. The lowest BCUT2D eigenvalue weighted by Gasteiger charge is -2.05. The molecule has 3 heteroatoms. The molecule has 0 aliphatic heterocycles. The predicted molar refractivity (Wildman–Crippen MR) is 55.9 cm³/mol. The van der Waals surface area contributed by atoms with Crippen molar-refractivity contribution in [3.05, 3.63) is 35.9 Å². The van der Waals surface area contributed by atoms with Crippen molar-refractivity contribution in [3.63, 3.8) is 0 Å². The predicted octanol–water partition coefficient (Wildman–Crippen LogP) is 1.58. The van der Waals surface area contributed by atoms with E-state index in [1.54, 1.807) is 30.3 Å². The van der Waals surface area contributed by atoms with Crippen LogP contribution in [0.5, 0.6) is 0 Å². The molecule has 0 saturated carbocycles. The number of benzene rings is 1. The Hall–Kier alpha value is -1.79. The Balaban J connectivity index is 2.61. The molecule has 1 N–H and O–H groups in total. The molecule has 0 atom stereocenters. The first-order chi connectivity index (χ1) is 6.99. The first kappa shape index (κ1) is 11.3. The number of hydrogen-bond acceptors (Lipinski definition) is 3. The molecule has 0 spiro atoms. The van der Waals surface area contributed by atoms with Crippen molar-refractivity contribution in [2.75, 3.05) is 0 Å². The zero-order valence-corrected chi connectivity index (χ0v) is 8.65. The van der Waals surface area contributed by atoms with Crippen molar-refractivity contribution in [1.82, 2.24) is 0 Å². The monoisotopic (exact) mass is 204 g/mol. The van der Waals surface area contributed by atoms with E-state index in [0.29, 0.717) is 5.56 Å². The Morgan fingerprint density at radius 2 is 1.93 bits per heavy atom. The largest absolute Gasteiger partial charge is 0.378 e. The molecule has 0 amide bonds. The fourth-order valence-electron chi connectivity index (χ4n) is 0.830. The Morgan fingerprint density at radius 1 is 1.33 bits per heavy atom. The lowest BCUT2D eigenvalue weighted by molar-refractivity contribution is 0.0687. The summed E-state index contributed by atoms with van der Waals surface area (Å²) in [4.78, 5) is 11.3. The quantitative estimate of drug-likeness (QED) is 0.558. The highest BCUT2D eigenvalue weighted by Crippen LogP contribution is 2.01. The molecule has 0 unspecified atom stereocenters. The number of esters is 1. The van der Waals surface area contributed by atoms with Crippen molar-refractivity contribution in [3.8, 4) is 12.0 Å². The van der Waals surface area contributed by atoms with Gasteiger partial charge in [0.05, 0.1) is 5.56 Å². The molecule has 0 radical (unpaired) electrons. The Morgan fingerprint density at radius 3 is 2.47 bits per heavy atom. The summed E-state index contributed by atoms with van der Waals surface area (Å²) in [5, 5.41) is 9.24. The van der Waals surface area contributed by atoms with E-state index in [9.17, 15) is 9.90 Å². The zero-order chi connectivity index (χ0) is 11.3. The molecule has 0 aliphatic rings. The molecule has 78 valence electrons. The topological polar surface area (TPSA) is 46.5 Å². The van der Waals surface area contributed by atoms with Crippen molar-refractivity contribution < 1.29 is 14.6 Å². The Bertz CT molecular complexity index is 390. The van der Waals surface area contributed by atoms with Gasteiger partial charge in [0.15, 0.2) is 0 Å². The molecular formula is C12H12O3. The van der Waals surface area contributed by atoms with Crippen LogP contribution in [0.15, 0.2) is 30.3 Å². The van der Waals surface area contributed by atoms with Crippen LogP contribution in [0.1, 0.15) is 24.2 Å². The first-order valence-electron chi connectivity index (χ1n) is 4.50. The van der Waals surface area contributed by atoms with E-state index in [0.717, 1.165) is 0 Å². The highest BCUT2D eigenvalue weighted by atomic mass is 16.5. The Kier molecular flexibility index (Phi) is 3.48. The fourth-order valence-corrected chi connectivity index (χ4v) is 0.830. The van der Waals surface area contributed by atoms with Gasteiger partial charge in [-0.15, -0.1) is 0 Å². The molecule has 1 aromatic carbocycles. The average molecular weight is 204 g/mol. The maximum atomic E-state index is 11.3. The van der Waals surface area contributed by atoms with Crippen LogP contribution < -0.4 is 0 Å². The third-order valence-electron chi connectivity index (χ3n) is 1.51. The van der Waals surface area contributed by atoms with E-state index in [4.69, 9.17) is 0 Å². The number of aliphatic hydroxyl groups is 1. The summed E-state index contributed by atoms with van der Waals surface area (Å²) in [6, 6.07) is 8.54.